The predicted molar refractivity (Wildman–Crippen MR) is 83.6 cm³/mol. The molecule has 0 aromatic heterocycles. The molecule has 0 atom stereocenters. The molecule has 0 saturated carbocycles. The SMILES string of the molecule is CNc1cccc(C(=O)N(C)C)c1O.COc1cc(=O)c1=O. The molecule has 2 aromatic rings. The van der Waals surface area contributed by atoms with E-state index in [-0.39, 0.29) is 17.4 Å². The highest BCUT2D eigenvalue weighted by molar-refractivity contribution is 5.98. The molecule has 0 spiro atoms. The Labute approximate surface area is 127 Å². The van der Waals surface area contributed by atoms with Gasteiger partial charge in [0.25, 0.3) is 11.3 Å². The van der Waals surface area contributed by atoms with Crippen LogP contribution in [0.2, 0.25) is 0 Å². The van der Waals surface area contributed by atoms with Gasteiger partial charge < -0.3 is 20.1 Å². The van der Waals surface area contributed by atoms with Crippen LogP contribution in [-0.2, 0) is 0 Å². The molecule has 1 amide bonds. The maximum Gasteiger partial charge on any atom is 0.267 e. The fourth-order valence-electron chi connectivity index (χ4n) is 1.60. The maximum absolute atomic E-state index is 11.6. The van der Waals surface area contributed by atoms with E-state index in [4.69, 9.17) is 0 Å². The van der Waals surface area contributed by atoms with Gasteiger partial charge in [-0.05, 0) is 12.1 Å². The number of rotatable bonds is 3. The molecule has 0 aliphatic heterocycles. The van der Waals surface area contributed by atoms with E-state index in [0.29, 0.717) is 11.3 Å². The Morgan fingerprint density at radius 1 is 1.27 bits per heavy atom. The van der Waals surface area contributed by atoms with Crippen molar-refractivity contribution in [2.24, 2.45) is 0 Å². The first kappa shape index (κ1) is 17.2. The molecule has 2 N–H and O–H groups in total. The number of amides is 1. The van der Waals surface area contributed by atoms with Gasteiger partial charge >= 0.3 is 0 Å². The highest BCUT2D eigenvalue weighted by atomic mass is 16.5. The zero-order valence-electron chi connectivity index (χ0n) is 12.8. The largest absolute Gasteiger partial charge is 0.505 e. The summed E-state index contributed by atoms with van der Waals surface area (Å²) in [5.74, 6) is -0.0525. The molecule has 7 nitrogen and oxygen atoms in total. The maximum atomic E-state index is 11.6. The van der Waals surface area contributed by atoms with E-state index in [2.05, 4.69) is 10.1 Å². The molecule has 2 aromatic carbocycles. The van der Waals surface area contributed by atoms with Crippen molar-refractivity contribution in [1.29, 1.82) is 0 Å². The Bertz CT molecular complexity index is 730. The van der Waals surface area contributed by atoms with E-state index in [0.717, 1.165) is 0 Å². The minimum Gasteiger partial charge on any atom is -0.505 e. The van der Waals surface area contributed by atoms with Gasteiger partial charge in [0.05, 0.1) is 18.4 Å². The van der Waals surface area contributed by atoms with E-state index < -0.39 is 10.9 Å². The molecule has 118 valence electrons. The summed E-state index contributed by atoms with van der Waals surface area (Å²) in [6.07, 6.45) is 0. The number of anilines is 1. The summed E-state index contributed by atoms with van der Waals surface area (Å²) < 4.78 is 4.46. The van der Waals surface area contributed by atoms with E-state index in [1.807, 2.05) is 0 Å². The van der Waals surface area contributed by atoms with Crippen LogP contribution in [-0.4, -0.2) is 44.2 Å². The van der Waals surface area contributed by atoms with Gasteiger partial charge in [-0.2, -0.15) is 0 Å². The summed E-state index contributed by atoms with van der Waals surface area (Å²) in [6, 6.07) is 6.20. The summed E-state index contributed by atoms with van der Waals surface area (Å²) in [5, 5.41) is 12.5. The predicted octanol–water partition coefficient (Wildman–Crippen LogP) is 0.427. The molecule has 7 heteroatoms. The lowest BCUT2D eigenvalue weighted by molar-refractivity contribution is 0.0825. The van der Waals surface area contributed by atoms with Crippen LogP contribution in [0, 0.1) is 0 Å². The first-order valence-corrected chi connectivity index (χ1v) is 6.39. The Morgan fingerprint density at radius 2 is 1.91 bits per heavy atom. The second-order valence-electron chi connectivity index (χ2n) is 4.56. The van der Waals surface area contributed by atoms with Crippen molar-refractivity contribution in [2.45, 2.75) is 0 Å². The highest BCUT2D eigenvalue weighted by Crippen LogP contribution is 2.27. The number of para-hydroxylation sites is 1. The smallest absolute Gasteiger partial charge is 0.267 e. The number of carbonyl (C=O) groups is 1. The summed E-state index contributed by atoms with van der Waals surface area (Å²) in [6.45, 7) is 0. The average molecular weight is 306 g/mol. The number of phenols is 1. The summed E-state index contributed by atoms with van der Waals surface area (Å²) >= 11 is 0. The third kappa shape index (κ3) is 3.63. The fourth-order valence-corrected chi connectivity index (χ4v) is 1.60. The topological polar surface area (TPSA) is 95.9 Å². The second-order valence-corrected chi connectivity index (χ2v) is 4.56. The monoisotopic (exact) mass is 306 g/mol. The number of benzene rings is 1. The number of aromatic hydroxyl groups is 1. The quantitative estimate of drug-likeness (QED) is 0.630. The molecule has 0 unspecified atom stereocenters. The molecule has 0 saturated heterocycles. The Hall–Kier alpha value is -2.83. The van der Waals surface area contributed by atoms with Gasteiger partial charge in [-0.25, -0.2) is 0 Å². The number of ether oxygens (including phenoxy) is 1. The summed E-state index contributed by atoms with van der Waals surface area (Å²) in [7, 11) is 6.34. The first-order valence-electron chi connectivity index (χ1n) is 6.39. The van der Waals surface area contributed by atoms with Gasteiger partial charge in [-0.1, -0.05) is 6.07 Å². The Balaban J connectivity index is 0.000000255. The van der Waals surface area contributed by atoms with Gasteiger partial charge in [0.15, 0.2) is 11.5 Å². The fraction of sp³-hybridized carbons (Fsp3) is 0.267. The number of nitrogens with one attached hydrogen (secondary N) is 1. The third-order valence-electron chi connectivity index (χ3n) is 2.87. The van der Waals surface area contributed by atoms with Gasteiger partial charge in [0.1, 0.15) is 0 Å². The van der Waals surface area contributed by atoms with Gasteiger partial charge in [-0.3, -0.25) is 14.4 Å². The van der Waals surface area contributed by atoms with Crippen molar-refractivity contribution in [1.82, 2.24) is 4.90 Å². The average Bonchev–Trinajstić information content (AvgIpc) is 2.52. The summed E-state index contributed by atoms with van der Waals surface area (Å²) in [5.41, 5.74) is -0.131. The third-order valence-corrected chi connectivity index (χ3v) is 2.87. The van der Waals surface area contributed by atoms with Crippen LogP contribution < -0.4 is 20.9 Å². The molecule has 0 heterocycles. The van der Waals surface area contributed by atoms with E-state index >= 15 is 0 Å². The van der Waals surface area contributed by atoms with Crippen LogP contribution in [0.3, 0.4) is 0 Å². The van der Waals surface area contributed by atoms with Gasteiger partial charge in [0.2, 0.25) is 5.43 Å². The molecule has 0 radical (unpaired) electrons. The van der Waals surface area contributed by atoms with Crippen molar-refractivity contribution in [3.05, 3.63) is 50.3 Å². The lowest BCUT2D eigenvalue weighted by Gasteiger charge is -2.13. The number of methoxy groups -OCH3 is 1. The normalized spacial score (nSPS) is 9.64. The molecule has 0 bridgehead atoms. The van der Waals surface area contributed by atoms with E-state index in [1.165, 1.54) is 18.1 Å². The molecule has 22 heavy (non-hydrogen) atoms. The number of hydrogen-bond acceptors (Lipinski definition) is 6. The van der Waals surface area contributed by atoms with Crippen LogP contribution in [0.15, 0.2) is 33.9 Å². The van der Waals surface area contributed by atoms with Gasteiger partial charge in [0, 0.05) is 27.2 Å². The minimum absolute atomic E-state index is 0.00583. The van der Waals surface area contributed by atoms with Crippen LogP contribution in [0.25, 0.3) is 0 Å². The number of carbonyl (C=O) groups excluding carboxylic acids is 1. The van der Waals surface area contributed by atoms with Gasteiger partial charge in [-0.15, -0.1) is 0 Å². The standard InChI is InChI=1S/C10H14N2O2.C5H4O3/c1-11-8-6-4-5-7(9(8)13)10(14)12(2)3;1-8-4-2-3(6)5(4)7/h4-6,11,13H,1-3H3;2H,1H3. The Morgan fingerprint density at radius 3 is 2.27 bits per heavy atom. The van der Waals surface area contributed by atoms with E-state index in [9.17, 15) is 19.5 Å². The number of hydrogen-bond donors (Lipinski definition) is 2. The molecular weight excluding hydrogens is 288 g/mol. The van der Waals surface area contributed by atoms with Crippen molar-refractivity contribution in [2.75, 3.05) is 33.6 Å². The second kappa shape index (κ2) is 7.26. The lowest BCUT2D eigenvalue weighted by Crippen LogP contribution is -2.29. The molecule has 0 fully saturated rings. The highest BCUT2D eigenvalue weighted by Gasteiger charge is 2.14. The number of nitrogens with zero attached hydrogens (tertiary/aromatic N) is 1. The van der Waals surface area contributed by atoms with Crippen molar-refractivity contribution < 1.29 is 14.6 Å². The molecule has 0 aliphatic carbocycles. The molecular formula is C15H18N2O5. The van der Waals surface area contributed by atoms with E-state index in [1.54, 1.807) is 39.3 Å². The zero-order chi connectivity index (χ0) is 16.9. The minimum atomic E-state index is -0.521. The van der Waals surface area contributed by atoms with Crippen molar-refractivity contribution >= 4 is 11.6 Å². The van der Waals surface area contributed by atoms with Crippen LogP contribution in [0.4, 0.5) is 5.69 Å². The summed E-state index contributed by atoms with van der Waals surface area (Å²) in [4.78, 5) is 33.3. The van der Waals surface area contributed by atoms with Crippen LogP contribution in [0.1, 0.15) is 10.4 Å². The lowest BCUT2D eigenvalue weighted by atomic mass is 10.1. The van der Waals surface area contributed by atoms with Crippen LogP contribution in [0.5, 0.6) is 11.5 Å². The first-order chi connectivity index (χ1) is 10.3. The van der Waals surface area contributed by atoms with Crippen molar-refractivity contribution in [3.8, 4) is 11.5 Å². The zero-order valence-corrected chi connectivity index (χ0v) is 12.8. The van der Waals surface area contributed by atoms with Crippen LogP contribution >= 0.6 is 0 Å². The Kier molecular flexibility index (Phi) is 5.68. The molecule has 2 rings (SSSR count). The molecule has 0 aliphatic rings. The number of phenolic OH excluding ortho intramolecular Hbond substituents is 1. The van der Waals surface area contributed by atoms with Crippen molar-refractivity contribution in [3.63, 3.8) is 0 Å².